The maximum absolute atomic E-state index is 13.1. The molecule has 0 radical (unpaired) electrons. The van der Waals surface area contributed by atoms with Crippen LogP contribution in [0.4, 0.5) is 5.69 Å². The number of aromatic nitrogens is 2. The van der Waals surface area contributed by atoms with E-state index in [0.29, 0.717) is 34.1 Å². The SMILES string of the molecule is C[C@@H]1[C@H](Cn2cnc(Cl)c2Cl)O[C@H](c2cccc(N3C(=O)c4ccccc4C3=O)c2)O[C@@H]1c1ccc(CO)cc1. The van der Waals surface area contributed by atoms with Gasteiger partial charge in [-0.15, -0.1) is 0 Å². The topological polar surface area (TPSA) is 93.9 Å². The minimum atomic E-state index is -0.809. The molecule has 2 aliphatic rings. The molecule has 2 amide bonds. The van der Waals surface area contributed by atoms with Crippen molar-refractivity contribution in [3.05, 3.63) is 117 Å². The summed E-state index contributed by atoms with van der Waals surface area (Å²) in [5.41, 5.74) is 3.55. The first-order valence-corrected chi connectivity index (χ1v) is 13.6. The molecule has 6 rings (SSSR count). The Morgan fingerprint density at radius 2 is 1.60 bits per heavy atom. The molecule has 1 N–H and O–H groups in total. The Hall–Kier alpha value is -3.53. The predicted molar refractivity (Wildman–Crippen MR) is 149 cm³/mol. The summed E-state index contributed by atoms with van der Waals surface area (Å²) in [6.07, 6.45) is 0.0416. The molecule has 10 heteroatoms. The number of fused-ring (bicyclic) bond motifs is 1. The number of aliphatic hydroxyl groups excluding tert-OH is 1. The summed E-state index contributed by atoms with van der Waals surface area (Å²) < 4.78 is 14.7. The smallest absolute Gasteiger partial charge is 0.266 e. The van der Waals surface area contributed by atoms with Crippen molar-refractivity contribution in [2.75, 3.05) is 4.90 Å². The molecule has 2 aliphatic heterocycles. The van der Waals surface area contributed by atoms with Crippen LogP contribution in [-0.4, -0.2) is 32.6 Å². The van der Waals surface area contributed by atoms with Crippen molar-refractivity contribution < 1.29 is 24.2 Å². The van der Waals surface area contributed by atoms with Gasteiger partial charge in [-0.2, -0.15) is 0 Å². The molecule has 1 fully saturated rings. The molecule has 4 aromatic rings. The zero-order chi connectivity index (χ0) is 28.0. The number of carbonyl (C=O) groups excluding carboxylic acids is 2. The average Bonchev–Trinajstić information content (AvgIpc) is 3.44. The normalized spacial score (nSPS) is 22.6. The number of anilines is 1. The van der Waals surface area contributed by atoms with Crippen LogP contribution in [0, 0.1) is 5.92 Å². The number of imidazole rings is 1. The summed E-state index contributed by atoms with van der Waals surface area (Å²) >= 11 is 12.5. The van der Waals surface area contributed by atoms with Crippen molar-refractivity contribution in [1.82, 2.24) is 9.55 Å². The van der Waals surface area contributed by atoms with Crippen LogP contribution in [0.2, 0.25) is 10.3 Å². The lowest BCUT2D eigenvalue weighted by Gasteiger charge is -2.41. The van der Waals surface area contributed by atoms with Crippen molar-refractivity contribution in [2.45, 2.75) is 38.6 Å². The monoisotopic (exact) mass is 577 g/mol. The van der Waals surface area contributed by atoms with Crippen molar-refractivity contribution in [2.24, 2.45) is 5.92 Å². The molecule has 4 atom stereocenters. The van der Waals surface area contributed by atoms with Crippen molar-refractivity contribution in [3.8, 4) is 0 Å². The van der Waals surface area contributed by atoms with E-state index < -0.39 is 6.29 Å². The number of hydrogen-bond donors (Lipinski definition) is 1. The number of benzene rings is 3. The standard InChI is InChI=1S/C30H25Cl2N3O5/c1-17-24(14-34-16-33-26(31)27(34)32)39-30(40-25(17)19-11-9-18(15-36)10-12-19)20-5-4-6-21(13-20)35-28(37)22-7-2-3-8-23(22)29(35)38/h2-13,16-17,24-25,30,36H,14-15H2,1H3/t17-,24+,25+,30+/m1/s1. The first-order chi connectivity index (χ1) is 19.4. The summed E-state index contributed by atoms with van der Waals surface area (Å²) in [6.45, 7) is 2.36. The second-order valence-corrected chi connectivity index (χ2v) is 10.6. The Labute approximate surface area is 240 Å². The molecule has 40 heavy (non-hydrogen) atoms. The largest absolute Gasteiger partial charge is 0.392 e. The second-order valence-electron chi connectivity index (χ2n) is 9.89. The van der Waals surface area contributed by atoms with Gasteiger partial charge in [0, 0.05) is 11.5 Å². The van der Waals surface area contributed by atoms with Gasteiger partial charge < -0.3 is 19.1 Å². The van der Waals surface area contributed by atoms with Crippen LogP contribution in [0.15, 0.2) is 79.1 Å². The van der Waals surface area contributed by atoms with Gasteiger partial charge in [-0.05, 0) is 35.4 Å². The fraction of sp³-hybridized carbons (Fsp3) is 0.233. The maximum atomic E-state index is 13.1. The maximum Gasteiger partial charge on any atom is 0.266 e. The van der Waals surface area contributed by atoms with Crippen LogP contribution in [-0.2, 0) is 22.6 Å². The molecule has 1 aromatic heterocycles. The highest BCUT2D eigenvalue weighted by Gasteiger charge is 2.40. The lowest BCUT2D eigenvalue weighted by atomic mass is 9.90. The molecular formula is C30H25Cl2N3O5. The number of hydrogen-bond acceptors (Lipinski definition) is 6. The van der Waals surface area contributed by atoms with E-state index in [1.807, 2.05) is 37.3 Å². The molecule has 1 saturated heterocycles. The Kier molecular flexibility index (Phi) is 7.20. The third kappa shape index (κ3) is 4.72. The molecular weight excluding hydrogens is 553 g/mol. The Bertz CT molecular complexity index is 1550. The number of ether oxygens (including phenoxy) is 2. The van der Waals surface area contributed by atoms with Gasteiger partial charge in [-0.1, -0.05) is 78.7 Å². The lowest BCUT2D eigenvalue weighted by Crippen LogP contribution is -2.39. The van der Waals surface area contributed by atoms with Crippen molar-refractivity contribution in [1.29, 1.82) is 0 Å². The van der Waals surface area contributed by atoms with Gasteiger partial charge >= 0.3 is 0 Å². The van der Waals surface area contributed by atoms with Crippen LogP contribution in [0.5, 0.6) is 0 Å². The van der Waals surface area contributed by atoms with Crippen LogP contribution in [0.25, 0.3) is 0 Å². The number of amides is 2. The van der Waals surface area contributed by atoms with Gasteiger partial charge in [0.15, 0.2) is 11.4 Å². The molecule has 0 bridgehead atoms. The Morgan fingerprint density at radius 1 is 0.900 bits per heavy atom. The highest BCUT2D eigenvalue weighted by atomic mass is 35.5. The first-order valence-electron chi connectivity index (χ1n) is 12.8. The minimum absolute atomic E-state index is 0.0554. The van der Waals surface area contributed by atoms with Gasteiger partial charge in [-0.25, -0.2) is 9.88 Å². The first kappa shape index (κ1) is 26.7. The molecule has 3 aromatic carbocycles. The molecule has 0 saturated carbocycles. The van der Waals surface area contributed by atoms with E-state index in [2.05, 4.69) is 4.98 Å². The highest BCUT2D eigenvalue weighted by molar-refractivity contribution is 6.40. The summed E-state index contributed by atoms with van der Waals surface area (Å²) in [5.74, 6) is -0.848. The van der Waals surface area contributed by atoms with Crippen LogP contribution >= 0.6 is 23.2 Å². The molecule has 0 aliphatic carbocycles. The number of aliphatic hydroxyl groups is 1. The van der Waals surface area contributed by atoms with Gasteiger partial charge in [0.05, 0.1) is 48.5 Å². The molecule has 3 heterocycles. The van der Waals surface area contributed by atoms with Crippen LogP contribution in [0.1, 0.15) is 56.7 Å². The van der Waals surface area contributed by atoms with Gasteiger partial charge in [0.25, 0.3) is 11.8 Å². The third-order valence-electron chi connectivity index (χ3n) is 7.43. The summed E-state index contributed by atoms with van der Waals surface area (Å²) in [5, 5.41) is 10.0. The number of halogens is 2. The second kappa shape index (κ2) is 10.8. The number of imide groups is 1. The lowest BCUT2D eigenvalue weighted by molar-refractivity contribution is -0.276. The Balaban J connectivity index is 1.34. The van der Waals surface area contributed by atoms with Crippen molar-refractivity contribution in [3.63, 3.8) is 0 Å². The number of carbonyl (C=O) groups is 2. The van der Waals surface area contributed by atoms with E-state index in [1.54, 1.807) is 53.4 Å². The summed E-state index contributed by atoms with van der Waals surface area (Å²) in [7, 11) is 0. The van der Waals surface area contributed by atoms with Crippen LogP contribution in [0.3, 0.4) is 0 Å². The zero-order valence-electron chi connectivity index (χ0n) is 21.4. The quantitative estimate of drug-likeness (QED) is 0.283. The van der Waals surface area contributed by atoms with Crippen molar-refractivity contribution >= 4 is 40.7 Å². The third-order valence-corrected chi connectivity index (χ3v) is 8.20. The van der Waals surface area contributed by atoms with Gasteiger partial charge in [-0.3, -0.25) is 9.59 Å². The predicted octanol–water partition coefficient (Wildman–Crippen LogP) is 5.97. The fourth-order valence-electron chi connectivity index (χ4n) is 5.23. The van der Waals surface area contributed by atoms with Gasteiger partial charge in [0.2, 0.25) is 0 Å². The van der Waals surface area contributed by atoms with Crippen LogP contribution < -0.4 is 4.90 Å². The molecule has 204 valence electrons. The van der Waals surface area contributed by atoms with E-state index in [9.17, 15) is 14.7 Å². The summed E-state index contributed by atoms with van der Waals surface area (Å²) in [4.78, 5) is 31.5. The Morgan fingerprint density at radius 3 is 2.23 bits per heavy atom. The van der Waals surface area contributed by atoms with Gasteiger partial charge in [0.1, 0.15) is 5.15 Å². The minimum Gasteiger partial charge on any atom is -0.392 e. The number of rotatable bonds is 6. The van der Waals surface area contributed by atoms with E-state index in [4.69, 9.17) is 32.7 Å². The number of nitrogens with zero attached hydrogens (tertiary/aromatic N) is 3. The molecule has 8 nitrogen and oxygen atoms in total. The summed E-state index contributed by atoms with van der Waals surface area (Å²) in [6, 6.07) is 21.4. The van der Waals surface area contributed by atoms with E-state index >= 15 is 0 Å². The van der Waals surface area contributed by atoms with E-state index in [1.165, 1.54) is 4.90 Å². The van der Waals surface area contributed by atoms with E-state index in [0.717, 1.165) is 11.1 Å². The molecule has 0 unspecified atom stereocenters. The zero-order valence-corrected chi connectivity index (χ0v) is 22.9. The fourth-order valence-corrected chi connectivity index (χ4v) is 5.54. The highest BCUT2D eigenvalue weighted by Crippen LogP contribution is 2.43. The average molecular weight is 578 g/mol. The molecule has 0 spiro atoms. The van der Waals surface area contributed by atoms with E-state index in [-0.39, 0.29) is 41.7 Å².